The van der Waals surface area contributed by atoms with E-state index in [1.54, 1.807) is 6.26 Å². The van der Waals surface area contributed by atoms with Gasteiger partial charge in [0.05, 0.1) is 12.8 Å². The van der Waals surface area contributed by atoms with Gasteiger partial charge in [0, 0.05) is 11.8 Å². The van der Waals surface area contributed by atoms with E-state index in [9.17, 15) is 0 Å². The van der Waals surface area contributed by atoms with Crippen LogP contribution in [0.2, 0.25) is 0 Å². The summed E-state index contributed by atoms with van der Waals surface area (Å²) in [5, 5.41) is 3.99. The van der Waals surface area contributed by atoms with Gasteiger partial charge < -0.3 is 9.73 Å². The van der Waals surface area contributed by atoms with Crippen LogP contribution in [0.5, 0.6) is 0 Å². The van der Waals surface area contributed by atoms with Crippen molar-refractivity contribution in [1.29, 1.82) is 0 Å². The first kappa shape index (κ1) is 9.68. The van der Waals surface area contributed by atoms with Gasteiger partial charge in [0.2, 0.25) is 0 Å². The molecular formula is C9H15NOS. The summed E-state index contributed by atoms with van der Waals surface area (Å²) in [5.41, 5.74) is 0. The van der Waals surface area contributed by atoms with E-state index in [0.717, 1.165) is 18.8 Å². The number of rotatable bonds is 5. The van der Waals surface area contributed by atoms with E-state index in [0.29, 0.717) is 5.25 Å². The summed E-state index contributed by atoms with van der Waals surface area (Å²) in [5.74, 6) is 1.00. The Labute approximate surface area is 77.7 Å². The van der Waals surface area contributed by atoms with Gasteiger partial charge >= 0.3 is 0 Å². The minimum Gasteiger partial charge on any atom is -0.468 e. The van der Waals surface area contributed by atoms with Gasteiger partial charge in [0.25, 0.3) is 0 Å². The van der Waals surface area contributed by atoms with Gasteiger partial charge in [-0.3, -0.25) is 0 Å². The van der Waals surface area contributed by atoms with E-state index >= 15 is 0 Å². The molecule has 1 atom stereocenters. The second-order valence-corrected chi connectivity index (χ2v) is 4.03. The fourth-order valence-electron chi connectivity index (χ4n) is 0.895. The zero-order valence-corrected chi connectivity index (χ0v) is 8.36. The first-order chi connectivity index (χ1) is 5.83. The number of hydrogen-bond donors (Lipinski definition) is 1. The van der Waals surface area contributed by atoms with Crippen LogP contribution in [0.25, 0.3) is 0 Å². The van der Waals surface area contributed by atoms with Crippen molar-refractivity contribution >= 4 is 11.8 Å². The maximum atomic E-state index is 5.18. The summed E-state index contributed by atoms with van der Waals surface area (Å²) in [6.45, 7) is 4.07. The molecule has 0 radical (unpaired) electrons. The SMILES string of the molecule is CSC(C)CNCc1ccco1. The summed E-state index contributed by atoms with van der Waals surface area (Å²) in [4.78, 5) is 0. The van der Waals surface area contributed by atoms with Gasteiger partial charge in [0.15, 0.2) is 0 Å². The summed E-state index contributed by atoms with van der Waals surface area (Å²) in [6, 6.07) is 3.89. The van der Waals surface area contributed by atoms with Crippen LogP contribution in [0, 0.1) is 0 Å². The number of thioether (sulfide) groups is 1. The van der Waals surface area contributed by atoms with Crippen molar-refractivity contribution in [2.75, 3.05) is 12.8 Å². The smallest absolute Gasteiger partial charge is 0.117 e. The molecule has 1 aromatic heterocycles. The summed E-state index contributed by atoms with van der Waals surface area (Å²) < 4.78 is 5.18. The molecule has 0 saturated heterocycles. The molecule has 1 N–H and O–H groups in total. The molecular weight excluding hydrogens is 170 g/mol. The molecule has 12 heavy (non-hydrogen) atoms. The minimum atomic E-state index is 0.667. The van der Waals surface area contributed by atoms with Crippen molar-refractivity contribution in [3.8, 4) is 0 Å². The molecule has 0 aliphatic heterocycles. The van der Waals surface area contributed by atoms with E-state index in [-0.39, 0.29) is 0 Å². The Bertz CT molecular complexity index is 198. The fourth-order valence-corrected chi connectivity index (χ4v) is 1.18. The summed E-state index contributed by atoms with van der Waals surface area (Å²) >= 11 is 1.87. The van der Waals surface area contributed by atoms with Gasteiger partial charge in [-0.05, 0) is 18.4 Å². The van der Waals surface area contributed by atoms with Crippen LogP contribution >= 0.6 is 11.8 Å². The number of nitrogens with one attached hydrogen (secondary N) is 1. The first-order valence-electron chi connectivity index (χ1n) is 4.09. The lowest BCUT2D eigenvalue weighted by Gasteiger charge is -2.07. The molecule has 0 spiro atoms. The largest absolute Gasteiger partial charge is 0.468 e. The van der Waals surface area contributed by atoms with Gasteiger partial charge in [0.1, 0.15) is 5.76 Å². The monoisotopic (exact) mass is 185 g/mol. The molecule has 0 aromatic carbocycles. The molecule has 1 heterocycles. The highest BCUT2D eigenvalue weighted by molar-refractivity contribution is 7.99. The third-order valence-corrected chi connectivity index (χ3v) is 2.68. The first-order valence-corrected chi connectivity index (χ1v) is 5.37. The molecule has 0 bridgehead atoms. The predicted molar refractivity (Wildman–Crippen MR) is 53.4 cm³/mol. The second kappa shape index (κ2) is 5.27. The maximum absolute atomic E-state index is 5.18. The highest BCUT2D eigenvalue weighted by Gasteiger charge is 1.98. The van der Waals surface area contributed by atoms with Crippen LogP contribution in [0.4, 0.5) is 0 Å². The topological polar surface area (TPSA) is 25.2 Å². The van der Waals surface area contributed by atoms with Crippen molar-refractivity contribution in [1.82, 2.24) is 5.32 Å². The Morgan fingerprint density at radius 2 is 2.50 bits per heavy atom. The Morgan fingerprint density at radius 3 is 3.08 bits per heavy atom. The van der Waals surface area contributed by atoms with Crippen molar-refractivity contribution in [2.24, 2.45) is 0 Å². The Kier molecular flexibility index (Phi) is 4.25. The molecule has 3 heteroatoms. The number of hydrogen-bond acceptors (Lipinski definition) is 3. The summed E-state index contributed by atoms with van der Waals surface area (Å²) in [7, 11) is 0. The average molecular weight is 185 g/mol. The quantitative estimate of drug-likeness (QED) is 0.760. The van der Waals surface area contributed by atoms with E-state index < -0.39 is 0 Å². The Hall–Kier alpha value is -0.410. The van der Waals surface area contributed by atoms with Crippen LogP contribution in [-0.4, -0.2) is 18.1 Å². The van der Waals surface area contributed by atoms with Crippen molar-refractivity contribution < 1.29 is 4.42 Å². The molecule has 2 nitrogen and oxygen atoms in total. The Balaban J connectivity index is 2.11. The second-order valence-electron chi connectivity index (χ2n) is 2.76. The standard InChI is InChI=1S/C9H15NOS/c1-8(12-2)6-10-7-9-4-3-5-11-9/h3-5,8,10H,6-7H2,1-2H3. The average Bonchev–Trinajstić information content (AvgIpc) is 2.57. The molecule has 0 fully saturated rings. The molecule has 1 unspecified atom stereocenters. The van der Waals surface area contributed by atoms with Gasteiger partial charge in [-0.25, -0.2) is 0 Å². The molecule has 0 aliphatic rings. The van der Waals surface area contributed by atoms with Crippen LogP contribution in [-0.2, 0) is 6.54 Å². The van der Waals surface area contributed by atoms with Crippen LogP contribution < -0.4 is 5.32 Å². The Morgan fingerprint density at radius 1 is 1.67 bits per heavy atom. The lowest BCUT2D eigenvalue weighted by Crippen LogP contribution is -2.21. The van der Waals surface area contributed by atoms with E-state index in [1.807, 2.05) is 23.9 Å². The highest BCUT2D eigenvalue weighted by atomic mass is 32.2. The zero-order chi connectivity index (χ0) is 8.81. The normalized spacial score (nSPS) is 13.2. The molecule has 1 aromatic rings. The third kappa shape index (κ3) is 3.32. The third-order valence-electron chi connectivity index (χ3n) is 1.71. The van der Waals surface area contributed by atoms with Gasteiger partial charge in [-0.1, -0.05) is 6.92 Å². The lowest BCUT2D eigenvalue weighted by molar-refractivity contribution is 0.484. The van der Waals surface area contributed by atoms with Gasteiger partial charge in [-0.15, -0.1) is 0 Å². The summed E-state index contributed by atoms with van der Waals surface area (Å²) in [6.07, 6.45) is 3.83. The van der Waals surface area contributed by atoms with Crippen molar-refractivity contribution in [3.63, 3.8) is 0 Å². The maximum Gasteiger partial charge on any atom is 0.117 e. The predicted octanol–water partition coefficient (Wildman–Crippen LogP) is 2.12. The molecule has 0 saturated carbocycles. The van der Waals surface area contributed by atoms with Crippen LogP contribution in [0.15, 0.2) is 22.8 Å². The van der Waals surface area contributed by atoms with Crippen LogP contribution in [0.3, 0.4) is 0 Å². The molecule has 0 amide bonds. The highest BCUT2D eigenvalue weighted by Crippen LogP contribution is 2.03. The van der Waals surface area contributed by atoms with E-state index in [4.69, 9.17) is 4.42 Å². The fraction of sp³-hybridized carbons (Fsp3) is 0.556. The molecule has 68 valence electrons. The van der Waals surface area contributed by atoms with E-state index in [2.05, 4.69) is 18.5 Å². The van der Waals surface area contributed by atoms with Gasteiger partial charge in [-0.2, -0.15) is 11.8 Å². The zero-order valence-electron chi connectivity index (χ0n) is 7.54. The molecule has 0 aliphatic carbocycles. The lowest BCUT2D eigenvalue weighted by atomic mass is 10.4. The van der Waals surface area contributed by atoms with Crippen molar-refractivity contribution in [2.45, 2.75) is 18.7 Å². The molecule has 1 rings (SSSR count). The van der Waals surface area contributed by atoms with E-state index in [1.165, 1.54) is 0 Å². The number of furan rings is 1. The van der Waals surface area contributed by atoms with Crippen molar-refractivity contribution in [3.05, 3.63) is 24.2 Å². The van der Waals surface area contributed by atoms with Crippen LogP contribution in [0.1, 0.15) is 12.7 Å². The minimum absolute atomic E-state index is 0.667.